The largest absolute Gasteiger partial charge is 0.462 e. The molecular formula is C16H19N7O6. The molecule has 0 spiro atoms. The summed E-state index contributed by atoms with van der Waals surface area (Å²) in [6, 6.07) is 1.89. The molecule has 1 aliphatic heterocycles. The molecule has 0 bridgehead atoms. The van der Waals surface area contributed by atoms with E-state index < -0.39 is 48.3 Å². The maximum atomic E-state index is 12.1. The number of imidazole rings is 1. The smallest absolute Gasteiger partial charge is 0.352 e. The lowest BCUT2D eigenvalue weighted by molar-refractivity contribution is -0.155. The fourth-order valence-corrected chi connectivity index (χ4v) is 2.94. The Balaban J connectivity index is 1.71. The van der Waals surface area contributed by atoms with Gasteiger partial charge in [-0.25, -0.2) is 9.78 Å². The summed E-state index contributed by atoms with van der Waals surface area (Å²) in [5, 5.41) is 30.2. The SMILES string of the molecule is N#C[C@@]1(n2ccc(N)nc2=O)O[C@H](COC(=O)[C@H](N)Cc2cnc[nH]2)C(O)C1O. The van der Waals surface area contributed by atoms with Crippen LogP contribution >= 0.6 is 0 Å². The lowest BCUT2D eigenvalue weighted by atomic mass is 10.0. The van der Waals surface area contributed by atoms with Gasteiger partial charge in [-0.1, -0.05) is 0 Å². The summed E-state index contributed by atoms with van der Waals surface area (Å²) in [7, 11) is 0. The number of nitrogen functional groups attached to an aromatic ring is 1. The van der Waals surface area contributed by atoms with Gasteiger partial charge >= 0.3 is 11.7 Å². The first kappa shape index (κ1) is 20.4. The van der Waals surface area contributed by atoms with Crippen molar-refractivity contribution in [3.05, 3.63) is 41.0 Å². The zero-order valence-corrected chi connectivity index (χ0v) is 15.0. The lowest BCUT2D eigenvalue weighted by Gasteiger charge is -2.26. The van der Waals surface area contributed by atoms with Crippen LogP contribution in [0.4, 0.5) is 5.82 Å². The van der Waals surface area contributed by atoms with E-state index in [1.165, 1.54) is 18.6 Å². The molecule has 0 aliphatic carbocycles. The summed E-state index contributed by atoms with van der Waals surface area (Å²) in [5.74, 6) is -0.880. The quantitative estimate of drug-likeness (QED) is 0.304. The fraction of sp³-hybridized carbons (Fsp3) is 0.438. The van der Waals surface area contributed by atoms with Crippen LogP contribution in [-0.4, -0.2) is 66.7 Å². The number of nitrogens with one attached hydrogen (secondary N) is 1. The normalized spacial score (nSPS) is 27.3. The number of aromatic amines is 1. The topological polar surface area (TPSA) is 215 Å². The molecular weight excluding hydrogens is 386 g/mol. The lowest BCUT2D eigenvalue weighted by Crippen LogP contribution is -2.49. The van der Waals surface area contributed by atoms with Crippen molar-refractivity contribution < 1.29 is 24.5 Å². The number of carbonyl (C=O) groups excluding carboxylic acids is 1. The highest BCUT2D eigenvalue weighted by Crippen LogP contribution is 2.34. The Morgan fingerprint density at radius 3 is 2.93 bits per heavy atom. The molecule has 3 heterocycles. The second-order valence-corrected chi connectivity index (χ2v) is 6.42. The highest BCUT2D eigenvalue weighted by molar-refractivity contribution is 5.75. The Labute approximate surface area is 163 Å². The molecule has 0 saturated carbocycles. The number of aliphatic hydroxyl groups excluding tert-OH is 2. The van der Waals surface area contributed by atoms with Crippen molar-refractivity contribution in [2.45, 2.75) is 36.5 Å². The molecule has 2 unspecified atom stereocenters. The van der Waals surface area contributed by atoms with Gasteiger partial charge in [-0.2, -0.15) is 10.2 Å². The number of esters is 1. The molecule has 29 heavy (non-hydrogen) atoms. The van der Waals surface area contributed by atoms with Gasteiger partial charge in [0, 0.05) is 24.5 Å². The number of hydrogen-bond acceptors (Lipinski definition) is 11. The Morgan fingerprint density at radius 2 is 2.31 bits per heavy atom. The van der Waals surface area contributed by atoms with Crippen molar-refractivity contribution in [2.75, 3.05) is 12.3 Å². The molecule has 154 valence electrons. The van der Waals surface area contributed by atoms with Crippen molar-refractivity contribution in [2.24, 2.45) is 5.73 Å². The minimum absolute atomic E-state index is 0.0934. The van der Waals surface area contributed by atoms with Crippen LogP contribution in [0, 0.1) is 11.3 Å². The van der Waals surface area contributed by atoms with Gasteiger partial charge in [-0.15, -0.1) is 0 Å². The van der Waals surface area contributed by atoms with Crippen LogP contribution in [0.2, 0.25) is 0 Å². The minimum atomic E-state index is -2.27. The predicted molar refractivity (Wildman–Crippen MR) is 94.6 cm³/mol. The third kappa shape index (κ3) is 3.82. The van der Waals surface area contributed by atoms with Crippen LogP contribution in [-0.2, 0) is 26.4 Å². The monoisotopic (exact) mass is 405 g/mol. The standard InChI is InChI=1S/C16H19N7O6/c17-6-16(23-2-1-11(19)22-15(23)27)13(25)12(24)10(29-16)5-28-14(26)9(18)3-8-4-20-7-21-8/h1-2,4,7,9-10,12-13,24-25H,3,5,18H2,(H,20,21)(H2,19,22,27)/t9-,10-,12?,13?,16-/m1/s1. The van der Waals surface area contributed by atoms with Gasteiger partial charge < -0.3 is 36.1 Å². The van der Waals surface area contributed by atoms with Crippen molar-refractivity contribution in [3.8, 4) is 6.07 Å². The van der Waals surface area contributed by atoms with Crippen molar-refractivity contribution >= 4 is 11.8 Å². The average molecular weight is 405 g/mol. The fourth-order valence-electron chi connectivity index (χ4n) is 2.94. The van der Waals surface area contributed by atoms with E-state index in [-0.39, 0.29) is 12.2 Å². The van der Waals surface area contributed by atoms with Crippen LogP contribution in [0.3, 0.4) is 0 Å². The molecule has 13 nitrogen and oxygen atoms in total. The number of nitrogens with two attached hydrogens (primary N) is 2. The molecule has 5 atom stereocenters. The van der Waals surface area contributed by atoms with Gasteiger partial charge in [0.2, 0.25) is 0 Å². The molecule has 0 aromatic carbocycles. The molecule has 0 amide bonds. The molecule has 0 radical (unpaired) electrons. The van der Waals surface area contributed by atoms with Crippen molar-refractivity contribution in [1.82, 2.24) is 19.5 Å². The highest BCUT2D eigenvalue weighted by atomic mass is 16.6. The molecule has 1 saturated heterocycles. The van der Waals surface area contributed by atoms with Crippen molar-refractivity contribution in [1.29, 1.82) is 5.26 Å². The summed E-state index contributed by atoms with van der Waals surface area (Å²) in [5.41, 5.74) is 8.58. The van der Waals surface area contributed by atoms with Crippen molar-refractivity contribution in [3.63, 3.8) is 0 Å². The summed E-state index contributed by atoms with van der Waals surface area (Å²) in [6.45, 7) is -0.506. The van der Waals surface area contributed by atoms with E-state index in [1.54, 1.807) is 6.07 Å². The van der Waals surface area contributed by atoms with Crippen LogP contribution in [0.1, 0.15) is 5.69 Å². The Kier molecular flexibility index (Phi) is 5.62. The number of aromatic nitrogens is 4. The summed E-state index contributed by atoms with van der Waals surface area (Å²) < 4.78 is 11.2. The maximum Gasteiger partial charge on any atom is 0.352 e. The molecule has 3 rings (SSSR count). The number of ether oxygens (including phenoxy) is 2. The number of hydrogen-bond donors (Lipinski definition) is 5. The van der Waals surface area contributed by atoms with Gasteiger partial charge in [0.05, 0.1) is 6.33 Å². The Morgan fingerprint density at radius 1 is 1.55 bits per heavy atom. The predicted octanol–water partition coefficient (Wildman–Crippen LogP) is -3.04. The second-order valence-electron chi connectivity index (χ2n) is 6.42. The molecule has 1 fully saturated rings. The average Bonchev–Trinajstić information content (AvgIpc) is 3.28. The number of H-pyrrole nitrogens is 1. The molecule has 2 aromatic heterocycles. The number of carbonyl (C=O) groups is 1. The molecule has 7 N–H and O–H groups in total. The third-order valence-corrected chi connectivity index (χ3v) is 4.47. The van der Waals surface area contributed by atoms with Crippen LogP contribution in [0.5, 0.6) is 0 Å². The third-order valence-electron chi connectivity index (χ3n) is 4.47. The summed E-state index contributed by atoms with van der Waals surface area (Å²) in [6.07, 6.45) is -0.547. The van der Waals surface area contributed by atoms with E-state index in [0.29, 0.717) is 10.3 Å². The first-order valence-electron chi connectivity index (χ1n) is 8.49. The van der Waals surface area contributed by atoms with Crippen LogP contribution in [0.25, 0.3) is 0 Å². The first-order valence-corrected chi connectivity index (χ1v) is 8.49. The molecule has 2 aromatic rings. The van der Waals surface area contributed by atoms with Crippen LogP contribution < -0.4 is 17.2 Å². The van der Waals surface area contributed by atoms with E-state index in [0.717, 1.165) is 6.20 Å². The van der Waals surface area contributed by atoms with Gasteiger partial charge in [0.15, 0.2) is 0 Å². The Bertz CT molecular complexity index is 971. The van der Waals surface area contributed by atoms with Gasteiger partial charge in [0.25, 0.3) is 5.72 Å². The summed E-state index contributed by atoms with van der Waals surface area (Å²) >= 11 is 0. The number of rotatable bonds is 6. The zero-order valence-electron chi connectivity index (χ0n) is 15.0. The van der Waals surface area contributed by atoms with E-state index in [4.69, 9.17) is 20.9 Å². The Hall–Kier alpha value is -3.31. The number of nitrogens with zero attached hydrogens (tertiary/aromatic N) is 4. The maximum absolute atomic E-state index is 12.1. The highest BCUT2D eigenvalue weighted by Gasteiger charge is 2.57. The van der Waals surface area contributed by atoms with Gasteiger partial charge in [-0.05, 0) is 6.07 Å². The zero-order chi connectivity index (χ0) is 21.2. The van der Waals surface area contributed by atoms with E-state index >= 15 is 0 Å². The van der Waals surface area contributed by atoms with E-state index in [2.05, 4.69) is 15.0 Å². The number of aliphatic hydroxyl groups is 2. The van der Waals surface area contributed by atoms with E-state index in [9.17, 15) is 25.1 Å². The molecule has 1 aliphatic rings. The number of nitriles is 1. The van der Waals surface area contributed by atoms with Gasteiger partial charge in [-0.3, -0.25) is 9.36 Å². The van der Waals surface area contributed by atoms with Gasteiger partial charge in [0.1, 0.15) is 42.8 Å². The first-order chi connectivity index (χ1) is 13.8. The van der Waals surface area contributed by atoms with Crippen LogP contribution in [0.15, 0.2) is 29.6 Å². The molecule has 13 heteroatoms. The second kappa shape index (κ2) is 7.97. The number of anilines is 1. The van der Waals surface area contributed by atoms with E-state index in [1.807, 2.05) is 0 Å². The summed E-state index contributed by atoms with van der Waals surface area (Å²) in [4.78, 5) is 34.3. The minimum Gasteiger partial charge on any atom is -0.462 e.